The molecule has 2 aromatic rings. The van der Waals surface area contributed by atoms with Gasteiger partial charge in [-0.2, -0.15) is 13.2 Å². The Labute approximate surface area is 175 Å². The first-order chi connectivity index (χ1) is 14.7. The number of ether oxygens (including phenoxy) is 3. The Morgan fingerprint density at radius 3 is 2.52 bits per heavy atom. The summed E-state index contributed by atoms with van der Waals surface area (Å²) in [6, 6.07) is 6.69. The molecule has 1 aromatic carbocycles. The lowest BCUT2D eigenvalue weighted by Gasteiger charge is -2.30. The number of benzene rings is 1. The molecule has 1 aliphatic heterocycles. The molecule has 31 heavy (non-hydrogen) atoms. The number of primary amides is 1. The van der Waals surface area contributed by atoms with Gasteiger partial charge in [0.1, 0.15) is 29.7 Å². The van der Waals surface area contributed by atoms with Crippen LogP contribution in [0.5, 0.6) is 5.75 Å². The first-order valence-corrected chi connectivity index (χ1v) is 9.83. The van der Waals surface area contributed by atoms with Gasteiger partial charge < -0.3 is 24.9 Å². The van der Waals surface area contributed by atoms with Crippen LogP contribution in [0.15, 0.2) is 35.1 Å². The molecule has 0 spiro atoms. The zero-order chi connectivity index (χ0) is 22.2. The third-order valence-electron chi connectivity index (χ3n) is 5.29. The van der Waals surface area contributed by atoms with Crippen molar-refractivity contribution in [3.63, 3.8) is 0 Å². The Hall–Kier alpha value is -2.85. The van der Waals surface area contributed by atoms with Gasteiger partial charge in [-0.05, 0) is 42.5 Å². The van der Waals surface area contributed by atoms with Gasteiger partial charge in [-0.15, -0.1) is 0 Å². The normalized spacial score (nSPS) is 21.6. The molecule has 0 radical (unpaired) electrons. The number of pyridine rings is 1. The first-order valence-electron chi connectivity index (χ1n) is 9.83. The van der Waals surface area contributed by atoms with Crippen molar-refractivity contribution in [2.75, 3.05) is 19.8 Å². The average Bonchev–Trinajstić information content (AvgIpc) is 3.57. The highest BCUT2D eigenvalue weighted by molar-refractivity contribution is 5.94. The van der Waals surface area contributed by atoms with Crippen LogP contribution in [0.25, 0.3) is 11.1 Å². The van der Waals surface area contributed by atoms with Gasteiger partial charge in [0, 0.05) is 5.56 Å². The lowest BCUT2D eigenvalue weighted by atomic mass is 10.0. The molecule has 1 aliphatic carbocycles. The quantitative estimate of drug-likeness (QED) is 0.722. The zero-order valence-corrected chi connectivity index (χ0v) is 16.4. The van der Waals surface area contributed by atoms with Crippen molar-refractivity contribution in [3.8, 4) is 16.9 Å². The molecule has 1 saturated carbocycles. The Morgan fingerprint density at radius 2 is 1.90 bits per heavy atom. The van der Waals surface area contributed by atoms with E-state index in [9.17, 15) is 22.8 Å². The van der Waals surface area contributed by atoms with Crippen LogP contribution in [0.4, 0.5) is 13.2 Å². The minimum absolute atomic E-state index is 0.0882. The molecule has 10 heteroatoms. The summed E-state index contributed by atoms with van der Waals surface area (Å²) < 4.78 is 57.5. The SMILES string of the molecule is NC(=O)c1cc(-c2ccc(OC[C@@H]3COC[C@H](C4CC4)O3)cc2)c(C(F)(F)F)[nH]c1=O. The average molecular weight is 438 g/mol. The highest BCUT2D eigenvalue weighted by Crippen LogP contribution is 2.37. The number of carbonyl (C=O) groups is 1. The number of rotatable bonds is 6. The summed E-state index contributed by atoms with van der Waals surface area (Å²) in [7, 11) is 0. The summed E-state index contributed by atoms with van der Waals surface area (Å²) in [4.78, 5) is 24.9. The van der Waals surface area contributed by atoms with E-state index in [4.69, 9.17) is 19.9 Å². The molecular weight excluding hydrogens is 417 g/mol. The largest absolute Gasteiger partial charge is 0.491 e. The van der Waals surface area contributed by atoms with Crippen molar-refractivity contribution in [2.45, 2.75) is 31.2 Å². The van der Waals surface area contributed by atoms with Gasteiger partial charge in [0.05, 0.1) is 19.3 Å². The van der Waals surface area contributed by atoms with E-state index in [2.05, 4.69) is 0 Å². The number of halogens is 3. The van der Waals surface area contributed by atoms with Crippen molar-refractivity contribution < 1.29 is 32.2 Å². The van der Waals surface area contributed by atoms with Gasteiger partial charge in [-0.3, -0.25) is 9.59 Å². The van der Waals surface area contributed by atoms with Gasteiger partial charge in [0.25, 0.3) is 11.5 Å². The van der Waals surface area contributed by atoms with E-state index in [-0.39, 0.29) is 29.9 Å². The van der Waals surface area contributed by atoms with Crippen LogP contribution in [0.2, 0.25) is 0 Å². The summed E-state index contributed by atoms with van der Waals surface area (Å²) in [5.74, 6) is -0.128. The van der Waals surface area contributed by atoms with E-state index in [1.165, 1.54) is 24.3 Å². The van der Waals surface area contributed by atoms with Gasteiger partial charge in [-0.1, -0.05) is 12.1 Å². The number of nitrogens with one attached hydrogen (secondary N) is 1. The first kappa shape index (κ1) is 21.4. The van der Waals surface area contributed by atoms with Gasteiger partial charge in [-0.25, -0.2) is 0 Å². The smallest absolute Gasteiger partial charge is 0.431 e. The fraction of sp³-hybridized carbons (Fsp3) is 0.429. The third-order valence-corrected chi connectivity index (χ3v) is 5.29. The second-order valence-electron chi connectivity index (χ2n) is 7.67. The Kier molecular flexibility index (Phi) is 5.76. The Bertz CT molecular complexity index is 1020. The number of amides is 1. The van der Waals surface area contributed by atoms with Crippen molar-refractivity contribution in [3.05, 3.63) is 51.9 Å². The Balaban J connectivity index is 1.50. The number of aromatic amines is 1. The molecule has 0 bridgehead atoms. The van der Waals surface area contributed by atoms with Gasteiger partial charge in [0.2, 0.25) is 0 Å². The van der Waals surface area contributed by atoms with E-state index in [0.717, 1.165) is 18.9 Å². The van der Waals surface area contributed by atoms with Crippen LogP contribution in [-0.4, -0.2) is 42.9 Å². The second-order valence-corrected chi connectivity index (χ2v) is 7.67. The number of hydrogen-bond acceptors (Lipinski definition) is 5. The summed E-state index contributed by atoms with van der Waals surface area (Å²) in [6.07, 6.45) is -2.66. The number of aromatic nitrogens is 1. The van der Waals surface area contributed by atoms with E-state index >= 15 is 0 Å². The molecule has 3 N–H and O–H groups in total. The van der Waals surface area contributed by atoms with Crippen LogP contribution in [0, 0.1) is 5.92 Å². The molecule has 1 aromatic heterocycles. The fourth-order valence-electron chi connectivity index (χ4n) is 3.53. The zero-order valence-electron chi connectivity index (χ0n) is 16.4. The maximum atomic E-state index is 13.4. The van der Waals surface area contributed by atoms with Crippen LogP contribution >= 0.6 is 0 Å². The van der Waals surface area contributed by atoms with E-state index in [1.807, 2.05) is 0 Å². The summed E-state index contributed by atoms with van der Waals surface area (Å²) in [5.41, 5.74) is 1.89. The van der Waals surface area contributed by atoms with E-state index in [0.29, 0.717) is 24.9 Å². The number of alkyl halides is 3. The molecule has 2 atom stereocenters. The number of H-pyrrole nitrogens is 1. The maximum absolute atomic E-state index is 13.4. The number of carbonyl (C=O) groups excluding carboxylic acids is 1. The standard InChI is InChI=1S/C21H21F3N2O5/c22-21(23,24)18-15(7-16(19(25)27)20(28)26-18)11-3-5-13(6-4-11)30-9-14-8-29-10-17(31-14)12-1-2-12/h3-7,12,14,17H,1-2,8-10H2,(H2,25,27)(H,26,28)/t14-,17+/m0/s1. The van der Waals surface area contributed by atoms with Crippen molar-refractivity contribution >= 4 is 5.91 Å². The predicted molar refractivity (Wildman–Crippen MR) is 104 cm³/mol. The summed E-state index contributed by atoms with van der Waals surface area (Å²) >= 11 is 0. The molecule has 1 saturated heterocycles. The number of nitrogens with two attached hydrogens (primary N) is 1. The van der Waals surface area contributed by atoms with Crippen molar-refractivity contribution in [1.29, 1.82) is 0 Å². The van der Waals surface area contributed by atoms with Crippen LogP contribution in [0.3, 0.4) is 0 Å². The van der Waals surface area contributed by atoms with Crippen LogP contribution in [0.1, 0.15) is 28.9 Å². The summed E-state index contributed by atoms with van der Waals surface area (Å²) in [5, 5.41) is 0. The molecule has 4 rings (SSSR count). The molecule has 0 unspecified atom stereocenters. The molecule has 166 valence electrons. The molecule has 1 amide bonds. The van der Waals surface area contributed by atoms with Gasteiger partial charge >= 0.3 is 6.18 Å². The molecular formula is C21H21F3N2O5. The maximum Gasteiger partial charge on any atom is 0.431 e. The highest BCUT2D eigenvalue weighted by atomic mass is 19.4. The summed E-state index contributed by atoms with van der Waals surface area (Å²) in [6.45, 7) is 1.26. The molecule has 2 aliphatic rings. The van der Waals surface area contributed by atoms with Crippen LogP contribution < -0.4 is 16.0 Å². The van der Waals surface area contributed by atoms with E-state index in [1.54, 1.807) is 4.98 Å². The molecule has 2 heterocycles. The van der Waals surface area contributed by atoms with Crippen LogP contribution in [-0.2, 0) is 15.7 Å². The monoisotopic (exact) mass is 438 g/mol. The Morgan fingerprint density at radius 1 is 1.19 bits per heavy atom. The minimum Gasteiger partial charge on any atom is -0.491 e. The third kappa shape index (κ3) is 4.91. The minimum atomic E-state index is -4.82. The lowest BCUT2D eigenvalue weighted by molar-refractivity contribution is -0.154. The molecule has 7 nitrogen and oxygen atoms in total. The van der Waals surface area contributed by atoms with Crippen molar-refractivity contribution in [1.82, 2.24) is 4.98 Å². The molecule has 2 fully saturated rings. The lowest BCUT2D eigenvalue weighted by Crippen LogP contribution is -2.40. The fourth-order valence-corrected chi connectivity index (χ4v) is 3.53. The van der Waals surface area contributed by atoms with E-state index < -0.39 is 28.9 Å². The van der Waals surface area contributed by atoms with Gasteiger partial charge in [0.15, 0.2) is 0 Å². The topological polar surface area (TPSA) is 104 Å². The number of hydrogen-bond donors (Lipinski definition) is 2. The second kappa shape index (κ2) is 8.35. The predicted octanol–water partition coefficient (Wildman–Crippen LogP) is 2.73. The highest BCUT2D eigenvalue weighted by Gasteiger charge is 2.37. The van der Waals surface area contributed by atoms with Crippen molar-refractivity contribution in [2.24, 2.45) is 11.7 Å².